The van der Waals surface area contributed by atoms with E-state index >= 15 is 0 Å². The molecule has 1 nitrogen and oxygen atoms in total. The van der Waals surface area contributed by atoms with Crippen molar-refractivity contribution in [2.45, 2.75) is 90.1 Å². The molecule has 0 aromatic carbocycles. The van der Waals surface area contributed by atoms with Crippen LogP contribution in [0.15, 0.2) is 0 Å². The predicted octanol–water partition coefficient (Wildman–Crippen LogP) is 4.92. The molecule has 0 aromatic heterocycles. The summed E-state index contributed by atoms with van der Waals surface area (Å²) in [6.07, 6.45) is 14.2. The molecular weight excluding hydrogens is 220 g/mol. The highest BCUT2D eigenvalue weighted by Crippen LogP contribution is 2.48. The summed E-state index contributed by atoms with van der Waals surface area (Å²) in [5.41, 5.74) is -0.330. The molecule has 2 aliphatic rings. The topological polar surface area (TPSA) is 20.2 Å². The molecule has 0 aromatic rings. The van der Waals surface area contributed by atoms with E-state index in [0.29, 0.717) is 11.8 Å². The van der Waals surface area contributed by atoms with Gasteiger partial charge in [-0.2, -0.15) is 0 Å². The maximum absolute atomic E-state index is 11.3. The maximum atomic E-state index is 11.3. The van der Waals surface area contributed by atoms with Gasteiger partial charge in [0.05, 0.1) is 5.60 Å². The summed E-state index contributed by atoms with van der Waals surface area (Å²) in [5, 5.41) is 11.3. The van der Waals surface area contributed by atoms with Crippen LogP contribution in [0.2, 0.25) is 0 Å². The second-order valence-corrected chi connectivity index (χ2v) is 6.76. The molecule has 0 aliphatic heterocycles. The van der Waals surface area contributed by atoms with Crippen LogP contribution in [0.25, 0.3) is 0 Å². The van der Waals surface area contributed by atoms with Gasteiger partial charge in [0, 0.05) is 0 Å². The summed E-state index contributed by atoms with van der Waals surface area (Å²) in [7, 11) is 0. The zero-order valence-corrected chi connectivity index (χ0v) is 12.5. The van der Waals surface area contributed by atoms with Gasteiger partial charge >= 0.3 is 0 Å². The predicted molar refractivity (Wildman–Crippen MR) is 77.6 cm³/mol. The molecule has 0 saturated heterocycles. The van der Waals surface area contributed by atoms with Gasteiger partial charge in [0.2, 0.25) is 0 Å². The highest BCUT2D eigenvalue weighted by molar-refractivity contribution is 4.97. The lowest BCUT2D eigenvalue weighted by Crippen LogP contribution is -2.50. The average molecular weight is 252 g/mol. The molecule has 18 heavy (non-hydrogen) atoms. The van der Waals surface area contributed by atoms with E-state index in [2.05, 4.69) is 13.8 Å². The molecule has 2 saturated carbocycles. The fourth-order valence-corrected chi connectivity index (χ4v) is 4.89. The van der Waals surface area contributed by atoms with E-state index in [4.69, 9.17) is 0 Å². The molecule has 2 rings (SSSR count). The Morgan fingerprint density at radius 3 is 2.17 bits per heavy atom. The summed E-state index contributed by atoms with van der Waals surface area (Å²) >= 11 is 0. The van der Waals surface area contributed by atoms with E-state index in [-0.39, 0.29) is 5.60 Å². The minimum Gasteiger partial charge on any atom is -0.389 e. The van der Waals surface area contributed by atoms with Crippen LogP contribution in [-0.2, 0) is 0 Å². The minimum atomic E-state index is -0.330. The van der Waals surface area contributed by atoms with E-state index in [1.165, 1.54) is 51.4 Å². The summed E-state index contributed by atoms with van der Waals surface area (Å²) in [6.45, 7) is 4.53. The summed E-state index contributed by atoms with van der Waals surface area (Å²) in [6, 6.07) is 0. The lowest BCUT2D eigenvalue weighted by molar-refractivity contribution is -0.120. The third-order valence-electron chi connectivity index (χ3n) is 5.90. The molecule has 0 amide bonds. The van der Waals surface area contributed by atoms with Gasteiger partial charge in [-0.25, -0.2) is 0 Å². The normalized spacial score (nSPS) is 35.0. The minimum absolute atomic E-state index is 0.330. The average Bonchev–Trinajstić information content (AvgIpc) is 2.41. The first-order chi connectivity index (χ1) is 8.72. The number of rotatable bonds is 4. The number of hydrogen-bond donors (Lipinski definition) is 1. The van der Waals surface area contributed by atoms with E-state index < -0.39 is 0 Å². The van der Waals surface area contributed by atoms with E-state index in [1.54, 1.807) is 0 Å². The third kappa shape index (κ3) is 2.76. The van der Waals surface area contributed by atoms with Gasteiger partial charge in [0.1, 0.15) is 0 Å². The van der Waals surface area contributed by atoms with Crippen molar-refractivity contribution in [3.63, 3.8) is 0 Å². The van der Waals surface area contributed by atoms with Crippen molar-refractivity contribution in [2.24, 2.45) is 17.8 Å². The van der Waals surface area contributed by atoms with Crippen molar-refractivity contribution < 1.29 is 5.11 Å². The van der Waals surface area contributed by atoms with Crippen LogP contribution in [0.4, 0.5) is 0 Å². The van der Waals surface area contributed by atoms with Crippen molar-refractivity contribution in [2.75, 3.05) is 0 Å². The zero-order valence-electron chi connectivity index (χ0n) is 12.5. The Kier molecular flexibility index (Phi) is 5.12. The van der Waals surface area contributed by atoms with Crippen LogP contribution in [0.3, 0.4) is 0 Å². The summed E-state index contributed by atoms with van der Waals surface area (Å²) < 4.78 is 0. The second kappa shape index (κ2) is 6.41. The molecule has 0 radical (unpaired) electrons. The number of hydrogen-bond acceptors (Lipinski definition) is 1. The van der Waals surface area contributed by atoms with Crippen LogP contribution in [0.5, 0.6) is 0 Å². The van der Waals surface area contributed by atoms with Crippen molar-refractivity contribution in [1.29, 1.82) is 0 Å². The van der Waals surface area contributed by atoms with Gasteiger partial charge in [-0.15, -0.1) is 0 Å². The molecule has 2 fully saturated rings. The van der Waals surface area contributed by atoms with E-state index in [1.807, 2.05) is 0 Å². The van der Waals surface area contributed by atoms with Crippen LogP contribution in [-0.4, -0.2) is 10.7 Å². The van der Waals surface area contributed by atoms with Gasteiger partial charge in [-0.1, -0.05) is 71.6 Å². The first-order valence-electron chi connectivity index (χ1n) is 8.44. The van der Waals surface area contributed by atoms with Crippen LogP contribution in [0.1, 0.15) is 84.5 Å². The van der Waals surface area contributed by atoms with Crippen molar-refractivity contribution in [3.05, 3.63) is 0 Å². The fourth-order valence-electron chi connectivity index (χ4n) is 4.89. The van der Waals surface area contributed by atoms with E-state index in [9.17, 15) is 5.11 Å². The molecule has 0 bridgehead atoms. The van der Waals surface area contributed by atoms with Crippen molar-refractivity contribution >= 4 is 0 Å². The van der Waals surface area contributed by atoms with Crippen LogP contribution >= 0.6 is 0 Å². The Balaban J connectivity index is 2.13. The third-order valence-corrected chi connectivity index (χ3v) is 5.90. The number of aliphatic hydroxyl groups is 1. The van der Waals surface area contributed by atoms with Gasteiger partial charge < -0.3 is 5.11 Å². The highest BCUT2D eigenvalue weighted by Gasteiger charge is 2.46. The molecule has 0 spiro atoms. The second-order valence-electron chi connectivity index (χ2n) is 6.76. The van der Waals surface area contributed by atoms with Gasteiger partial charge in [-0.3, -0.25) is 0 Å². The SMILES string of the molecule is CCC(CC)C1(O)CCCCC1C1CCCCC1. The Morgan fingerprint density at radius 1 is 0.944 bits per heavy atom. The monoisotopic (exact) mass is 252 g/mol. The van der Waals surface area contributed by atoms with Gasteiger partial charge in [0.15, 0.2) is 0 Å². The Labute approximate surface area is 113 Å². The molecule has 1 heteroatoms. The lowest BCUT2D eigenvalue weighted by Gasteiger charge is -2.49. The first-order valence-corrected chi connectivity index (χ1v) is 8.44. The van der Waals surface area contributed by atoms with Crippen molar-refractivity contribution in [1.82, 2.24) is 0 Å². The highest BCUT2D eigenvalue weighted by atomic mass is 16.3. The zero-order chi connectivity index (χ0) is 13.0. The maximum Gasteiger partial charge on any atom is 0.0706 e. The summed E-state index contributed by atoms with van der Waals surface area (Å²) in [5.74, 6) is 1.96. The molecular formula is C17H32O. The Bertz CT molecular complexity index is 240. The fraction of sp³-hybridized carbons (Fsp3) is 1.00. The van der Waals surface area contributed by atoms with Crippen LogP contribution < -0.4 is 0 Å². The van der Waals surface area contributed by atoms with Crippen LogP contribution in [0, 0.1) is 17.8 Å². The van der Waals surface area contributed by atoms with E-state index in [0.717, 1.165) is 25.2 Å². The molecule has 2 unspecified atom stereocenters. The smallest absolute Gasteiger partial charge is 0.0706 e. The van der Waals surface area contributed by atoms with Gasteiger partial charge in [-0.05, 0) is 30.6 Å². The lowest BCUT2D eigenvalue weighted by atomic mass is 9.60. The summed E-state index contributed by atoms with van der Waals surface area (Å²) in [4.78, 5) is 0. The molecule has 0 heterocycles. The Morgan fingerprint density at radius 2 is 1.56 bits per heavy atom. The molecule has 2 aliphatic carbocycles. The quantitative estimate of drug-likeness (QED) is 0.752. The first kappa shape index (κ1) is 14.4. The molecule has 106 valence electrons. The van der Waals surface area contributed by atoms with Gasteiger partial charge in [0.25, 0.3) is 0 Å². The standard InChI is InChI=1S/C17H32O/c1-3-15(4-2)17(18)13-9-8-12-16(17)14-10-6-5-7-11-14/h14-16,18H,3-13H2,1-2H3. The van der Waals surface area contributed by atoms with Crippen molar-refractivity contribution in [3.8, 4) is 0 Å². The largest absolute Gasteiger partial charge is 0.389 e. The molecule has 1 N–H and O–H groups in total. The Hall–Kier alpha value is -0.0400. The molecule has 2 atom stereocenters.